The quantitative estimate of drug-likeness (QED) is 0.883. The van der Waals surface area contributed by atoms with Crippen molar-refractivity contribution in [2.24, 2.45) is 5.92 Å². The lowest BCUT2D eigenvalue weighted by Gasteiger charge is -2.34. The van der Waals surface area contributed by atoms with Crippen LogP contribution in [0.4, 0.5) is 0 Å². The molecule has 19 heavy (non-hydrogen) atoms. The Morgan fingerprint density at radius 1 is 1.32 bits per heavy atom. The van der Waals surface area contributed by atoms with Crippen LogP contribution in [-0.2, 0) is 6.54 Å². The highest BCUT2D eigenvalue weighted by Gasteiger charge is 2.24. The highest BCUT2D eigenvalue weighted by molar-refractivity contribution is 5.09. The van der Waals surface area contributed by atoms with Gasteiger partial charge in [0.15, 0.2) is 0 Å². The number of aryl methyl sites for hydroxylation is 1. The van der Waals surface area contributed by atoms with Crippen molar-refractivity contribution >= 4 is 0 Å². The lowest BCUT2D eigenvalue weighted by molar-refractivity contribution is 0.189. The second kappa shape index (κ2) is 7.01. The number of nitrogens with one attached hydrogen (secondary N) is 1. The molecule has 106 valence electrons. The van der Waals surface area contributed by atoms with E-state index in [-0.39, 0.29) is 0 Å². The van der Waals surface area contributed by atoms with Crippen LogP contribution >= 0.6 is 0 Å². The predicted molar refractivity (Wildman–Crippen MR) is 80.1 cm³/mol. The lowest BCUT2D eigenvalue weighted by Crippen LogP contribution is -2.41. The standard InChI is InChI=1S/C16H27N3/c1-13-7-6-9-15(18-13)12-19(3)11-14-8-4-5-10-16(14)17-2/h6-7,9,14,16-17H,4-5,8,10-12H2,1-3H3. The molecule has 0 bridgehead atoms. The van der Waals surface area contributed by atoms with Crippen molar-refractivity contribution < 1.29 is 0 Å². The van der Waals surface area contributed by atoms with Crippen LogP contribution in [0.2, 0.25) is 0 Å². The molecule has 1 N–H and O–H groups in total. The van der Waals surface area contributed by atoms with Crippen molar-refractivity contribution in [3.63, 3.8) is 0 Å². The number of aromatic nitrogens is 1. The van der Waals surface area contributed by atoms with Gasteiger partial charge in [-0.2, -0.15) is 0 Å². The SMILES string of the molecule is CNC1CCCCC1CN(C)Cc1cccc(C)n1. The summed E-state index contributed by atoms with van der Waals surface area (Å²) < 4.78 is 0. The summed E-state index contributed by atoms with van der Waals surface area (Å²) in [7, 11) is 4.32. The molecule has 2 atom stereocenters. The molecule has 1 aromatic rings. The fourth-order valence-electron chi connectivity index (χ4n) is 3.24. The monoisotopic (exact) mass is 261 g/mol. The van der Waals surface area contributed by atoms with E-state index in [0.717, 1.165) is 18.2 Å². The molecule has 3 nitrogen and oxygen atoms in total. The molecule has 2 unspecified atom stereocenters. The molecule has 1 aliphatic rings. The third kappa shape index (κ3) is 4.29. The van der Waals surface area contributed by atoms with Gasteiger partial charge in [-0.15, -0.1) is 0 Å². The van der Waals surface area contributed by atoms with Gasteiger partial charge in [-0.05, 0) is 51.9 Å². The number of nitrogens with zero attached hydrogens (tertiary/aromatic N) is 2. The molecule has 0 radical (unpaired) electrons. The summed E-state index contributed by atoms with van der Waals surface area (Å²) in [6.07, 6.45) is 5.46. The Bertz CT molecular complexity index is 391. The van der Waals surface area contributed by atoms with Crippen molar-refractivity contribution in [1.82, 2.24) is 15.2 Å². The lowest BCUT2D eigenvalue weighted by atomic mass is 9.84. The van der Waals surface area contributed by atoms with E-state index in [0.29, 0.717) is 6.04 Å². The molecular weight excluding hydrogens is 234 g/mol. The molecule has 3 heteroatoms. The number of hydrogen-bond donors (Lipinski definition) is 1. The van der Waals surface area contributed by atoms with E-state index in [1.165, 1.54) is 37.9 Å². The van der Waals surface area contributed by atoms with E-state index in [1.807, 2.05) is 0 Å². The highest BCUT2D eigenvalue weighted by Crippen LogP contribution is 2.25. The Balaban J connectivity index is 1.87. The van der Waals surface area contributed by atoms with Crippen molar-refractivity contribution in [2.75, 3.05) is 20.6 Å². The highest BCUT2D eigenvalue weighted by atomic mass is 15.1. The van der Waals surface area contributed by atoms with Gasteiger partial charge in [0.05, 0.1) is 5.69 Å². The minimum absolute atomic E-state index is 0.696. The van der Waals surface area contributed by atoms with Crippen molar-refractivity contribution in [2.45, 2.75) is 45.2 Å². The molecule has 2 rings (SSSR count). The van der Waals surface area contributed by atoms with Crippen molar-refractivity contribution in [3.8, 4) is 0 Å². The topological polar surface area (TPSA) is 28.2 Å². The van der Waals surface area contributed by atoms with E-state index >= 15 is 0 Å². The molecule has 1 aliphatic carbocycles. The summed E-state index contributed by atoms with van der Waals surface area (Å²) in [6, 6.07) is 6.98. The summed E-state index contributed by atoms with van der Waals surface area (Å²) in [4.78, 5) is 7.01. The maximum Gasteiger partial charge on any atom is 0.0547 e. The first kappa shape index (κ1) is 14.5. The Morgan fingerprint density at radius 3 is 2.84 bits per heavy atom. The summed E-state index contributed by atoms with van der Waals surface area (Å²) >= 11 is 0. The molecule has 1 saturated carbocycles. The smallest absolute Gasteiger partial charge is 0.0547 e. The summed E-state index contributed by atoms with van der Waals surface area (Å²) in [5, 5.41) is 3.49. The largest absolute Gasteiger partial charge is 0.317 e. The zero-order chi connectivity index (χ0) is 13.7. The van der Waals surface area contributed by atoms with Gasteiger partial charge < -0.3 is 10.2 Å². The molecule has 1 fully saturated rings. The average molecular weight is 261 g/mol. The van der Waals surface area contributed by atoms with Gasteiger partial charge in [0.1, 0.15) is 0 Å². The van der Waals surface area contributed by atoms with Gasteiger partial charge in [0.2, 0.25) is 0 Å². The van der Waals surface area contributed by atoms with Crippen LogP contribution in [0.15, 0.2) is 18.2 Å². The van der Waals surface area contributed by atoms with E-state index in [2.05, 4.69) is 54.4 Å². The van der Waals surface area contributed by atoms with E-state index in [9.17, 15) is 0 Å². The molecule has 1 heterocycles. The fraction of sp³-hybridized carbons (Fsp3) is 0.688. The normalized spacial score (nSPS) is 23.8. The summed E-state index contributed by atoms with van der Waals surface area (Å²) in [5.74, 6) is 0.786. The van der Waals surface area contributed by atoms with Gasteiger partial charge >= 0.3 is 0 Å². The number of pyridine rings is 1. The van der Waals surface area contributed by atoms with Crippen molar-refractivity contribution in [1.29, 1.82) is 0 Å². The van der Waals surface area contributed by atoms with E-state index < -0.39 is 0 Å². The third-order valence-electron chi connectivity index (χ3n) is 4.20. The van der Waals surface area contributed by atoms with Crippen LogP contribution in [-0.4, -0.2) is 36.6 Å². The minimum atomic E-state index is 0.696. The average Bonchev–Trinajstić information content (AvgIpc) is 2.39. The second-order valence-corrected chi connectivity index (χ2v) is 5.91. The summed E-state index contributed by atoms with van der Waals surface area (Å²) in [6.45, 7) is 4.18. The van der Waals surface area contributed by atoms with Gasteiger partial charge in [-0.1, -0.05) is 18.9 Å². The molecule has 0 saturated heterocycles. The Labute approximate surface area is 117 Å². The zero-order valence-electron chi connectivity index (χ0n) is 12.5. The van der Waals surface area contributed by atoms with Gasteiger partial charge in [-0.3, -0.25) is 4.98 Å². The van der Waals surface area contributed by atoms with Gasteiger partial charge in [0.25, 0.3) is 0 Å². The van der Waals surface area contributed by atoms with Crippen molar-refractivity contribution in [3.05, 3.63) is 29.6 Å². The minimum Gasteiger partial charge on any atom is -0.317 e. The van der Waals surface area contributed by atoms with Gasteiger partial charge in [0, 0.05) is 24.8 Å². The zero-order valence-corrected chi connectivity index (χ0v) is 12.5. The number of rotatable bonds is 5. The van der Waals surface area contributed by atoms with Crippen LogP contribution in [0, 0.1) is 12.8 Å². The predicted octanol–water partition coefficient (Wildman–Crippen LogP) is 2.60. The van der Waals surface area contributed by atoms with E-state index in [1.54, 1.807) is 0 Å². The first-order valence-electron chi connectivity index (χ1n) is 7.47. The molecule has 0 amide bonds. The molecule has 0 aliphatic heterocycles. The number of hydrogen-bond acceptors (Lipinski definition) is 3. The van der Waals surface area contributed by atoms with Crippen LogP contribution in [0.3, 0.4) is 0 Å². The Hall–Kier alpha value is -0.930. The molecule has 0 aromatic carbocycles. The van der Waals surface area contributed by atoms with Crippen LogP contribution in [0.1, 0.15) is 37.1 Å². The fourth-order valence-corrected chi connectivity index (χ4v) is 3.24. The first-order valence-corrected chi connectivity index (χ1v) is 7.47. The van der Waals surface area contributed by atoms with Crippen LogP contribution < -0.4 is 5.32 Å². The van der Waals surface area contributed by atoms with Gasteiger partial charge in [-0.25, -0.2) is 0 Å². The second-order valence-electron chi connectivity index (χ2n) is 5.91. The molecule has 1 aromatic heterocycles. The Morgan fingerprint density at radius 2 is 2.11 bits per heavy atom. The van der Waals surface area contributed by atoms with Crippen LogP contribution in [0.5, 0.6) is 0 Å². The maximum absolute atomic E-state index is 4.59. The maximum atomic E-state index is 4.59. The first-order chi connectivity index (χ1) is 9.19. The third-order valence-corrected chi connectivity index (χ3v) is 4.20. The Kier molecular flexibility index (Phi) is 5.34. The molecule has 0 spiro atoms. The van der Waals surface area contributed by atoms with Crippen LogP contribution in [0.25, 0.3) is 0 Å². The molecular formula is C16H27N3. The summed E-state index contributed by atoms with van der Waals surface area (Å²) in [5.41, 5.74) is 2.29. The van der Waals surface area contributed by atoms with E-state index in [4.69, 9.17) is 0 Å².